The van der Waals surface area contributed by atoms with E-state index in [1.165, 1.54) is 12.1 Å². The summed E-state index contributed by atoms with van der Waals surface area (Å²) in [5.41, 5.74) is 0.555. The topological polar surface area (TPSA) is 60.4 Å². The van der Waals surface area contributed by atoms with Crippen molar-refractivity contribution in [3.63, 3.8) is 0 Å². The van der Waals surface area contributed by atoms with E-state index in [-0.39, 0.29) is 28.9 Å². The van der Waals surface area contributed by atoms with Gasteiger partial charge in [0.25, 0.3) is 0 Å². The van der Waals surface area contributed by atoms with E-state index in [0.29, 0.717) is 0 Å². The molecule has 15 heavy (non-hydrogen) atoms. The van der Waals surface area contributed by atoms with Crippen molar-refractivity contribution in [2.24, 2.45) is 0 Å². The van der Waals surface area contributed by atoms with Crippen LogP contribution in [0.5, 0.6) is 0 Å². The van der Waals surface area contributed by atoms with Gasteiger partial charge < -0.3 is 4.74 Å². The van der Waals surface area contributed by atoms with Crippen molar-refractivity contribution in [3.8, 4) is 0 Å². The smallest absolute Gasteiger partial charge is 0.347 e. The van der Waals surface area contributed by atoms with Gasteiger partial charge in [0.05, 0.1) is 11.1 Å². The van der Waals surface area contributed by atoms with E-state index >= 15 is 0 Å². The molecule has 0 saturated carbocycles. The van der Waals surface area contributed by atoms with Crippen LogP contribution in [0, 0.1) is 0 Å². The number of ketones is 1. The fraction of sp³-hybridized carbons (Fsp3) is 0.182. The zero-order valence-electron chi connectivity index (χ0n) is 8.07. The van der Waals surface area contributed by atoms with Crippen molar-refractivity contribution < 1.29 is 19.1 Å². The Kier molecular flexibility index (Phi) is 2.11. The molecule has 4 heteroatoms. The minimum Gasteiger partial charge on any atom is -0.386 e. The molecule has 0 saturated heterocycles. The van der Waals surface area contributed by atoms with Crippen LogP contribution in [0.3, 0.4) is 0 Å². The molecule has 1 aromatic carbocycles. The Bertz CT molecular complexity index is 473. The number of benzene rings is 1. The third-order valence-electron chi connectivity index (χ3n) is 2.30. The Morgan fingerprint density at radius 2 is 2.00 bits per heavy atom. The lowest BCUT2D eigenvalue weighted by atomic mass is 9.98. The van der Waals surface area contributed by atoms with Crippen LogP contribution in [0.25, 0.3) is 0 Å². The Hall–Kier alpha value is -1.97. The molecule has 4 nitrogen and oxygen atoms in total. The van der Waals surface area contributed by atoms with Gasteiger partial charge in [-0.25, -0.2) is 9.59 Å². The van der Waals surface area contributed by atoms with Crippen molar-refractivity contribution in [2.45, 2.75) is 13.3 Å². The van der Waals surface area contributed by atoms with Crippen molar-refractivity contribution in [1.29, 1.82) is 0 Å². The average molecular weight is 204 g/mol. The number of Topliss-reactive ketones (excluding diaryl/α,β-unsaturated/α-hetero) is 1. The molecule has 0 unspecified atom stereocenters. The molecule has 0 fully saturated rings. The Labute approximate surface area is 85.8 Å². The van der Waals surface area contributed by atoms with Crippen LogP contribution in [-0.2, 0) is 4.74 Å². The summed E-state index contributed by atoms with van der Waals surface area (Å²) in [5.74, 6) is -1.58. The second-order valence-corrected chi connectivity index (χ2v) is 3.18. The number of hydrogen-bond acceptors (Lipinski definition) is 4. The van der Waals surface area contributed by atoms with Crippen molar-refractivity contribution >= 4 is 17.7 Å². The molecular weight excluding hydrogens is 196 g/mol. The van der Waals surface area contributed by atoms with E-state index in [1.54, 1.807) is 13.0 Å². The summed E-state index contributed by atoms with van der Waals surface area (Å²) < 4.78 is 4.44. The van der Waals surface area contributed by atoms with Crippen LogP contribution in [0.15, 0.2) is 18.2 Å². The maximum absolute atomic E-state index is 11.5. The second kappa shape index (κ2) is 3.31. The predicted molar refractivity (Wildman–Crippen MR) is 50.8 cm³/mol. The minimum atomic E-state index is -0.729. The van der Waals surface area contributed by atoms with E-state index in [2.05, 4.69) is 4.74 Å². The summed E-state index contributed by atoms with van der Waals surface area (Å²) in [7, 11) is 0. The zero-order valence-corrected chi connectivity index (χ0v) is 8.07. The third-order valence-corrected chi connectivity index (χ3v) is 2.30. The number of hydrogen-bond donors (Lipinski definition) is 0. The highest BCUT2D eigenvalue weighted by atomic mass is 16.6. The minimum absolute atomic E-state index is 0.106. The summed E-state index contributed by atoms with van der Waals surface area (Å²) in [4.78, 5) is 34.0. The molecule has 1 aliphatic rings. The van der Waals surface area contributed by atoms with Gasteiger partial charge >= 0.3 is 11.9 Å². The first-order chi connectivity index (χ1) is 7.15. The molecule has 0 N–H and O–H groups in total. The lowest BCUT2D eigenvalue weighted by molar-refractivity contribution is 0.0442. The quantitative estimate of drug-likeness (QED) is 0.417. The molecule has 1 aliphatic heterocycles. The van der Waals surface area contributed by atoms with Crippen molar-refractivity contribution in [3.05, 3.63) is 34.9 Å². The first-order valence-electron chi connectivity index (χ1n) is 4.58. The zero-order chi connectivity index (χ0) is 11.0. The number of esters is 2. The van der Waals surface area contributed by atoms with Crippen LogP contribution in [-0.4, -0.2) is 17.7 Å². The van der Waals surface area contributed by atoms with E-state index in [9.17, 15) is 14.4 Å². The highest BCUT2D eigenvalue weighted by molar-refractivity contribution is 6.19. The highest BCUT2D eigenvalue weighted by Gasteiger charge is 2.33. The lowest BCUT2D eigenvalue weighted by Gasteiger charge is -2.00. The largest absolute Gasteiger partial charge is 0.386 e. The monoisotopic (exact) mass is 204 g/mol. The molecule has 1 heterocycles. The summed E-state index contributed by atoms with van der Waals surface area (Å²) in [6.45, 7) is 1.70. The lowest BCUT2D eigenvalue weighted by Crippen LogP contribution is -2.06. The van der Waals surface area contributed by atoms with Crippen LogP contribution >= 0.6 is 0 Å². The summed E-state index contributed by atoms with van der Waals surface area (Å²) in [6, 6.07) is 4.58. The van der Waals surface area contributed by atoms with E-state index in [0.717, 1.165) is 0 Å². The van der Waals surface area contributed by atoms with Crippen LogP contribution in [0.4, 0.5) is 0 Å². The van der Waals surface area contributed by atoms with Gasteiger partial charge in [-0.2, -0.15) is 0 Å². The SMILES string of the molecule is CCC(=O)c1cccc2c1C(=O)OC2=O. The molecule has 0 bridgehead atoms. The normalized spacial score (nSPS) is 13.7. The van der Waals surface area contributed by atoms with Crippen LogP contribution in [0.2, 0.25) is 0 Å². The van der Waals surface area contributed by atoms with Gasteiger partial charge in [-0.05, 0) is 6.07 Å². The number of cyclic esters (lactones) is 2. The summed E-state index contributed by atoms with van der Waals surface area (Å²) in [6.07, 6.45) is 0.290. The number of ether oxygens (including phenoxy) is 1. The molecule has 0 radical (unpaired) electrons. The number of carbonyl (C=O) groups excluding carboxylic acids is 3. The standard InChI is InChI=1S/C11H8O4/c1-2-8(12)6-4-3-5-7-9(6)11(14)15-10(7)13/h3-5H,2H2,1H3. The number of carbonyl (C=O) groups is 3. The average Bonchev–Trinajstić information content (AvgIpc) is 2.54. The Balaban J connectivity index is 2.65. The molecule has 0 atom stereocenters. The van der Waals surface area contributed by atoms with Crippen molar-refractivity contribution in [2.75, 3.05) is 0 Å². The van der Waals surface area contributed by atoms with Gasteiger partial charge in [0, 0.05) is 12.0 Å². The van der Waals surface area contributed by atoms with Gasteiger partial charge in [0.15, 0.2) is 5.78 Å². The second-order valence-electron chi connectivity index (χ2n) is 3.18. The molecule has 76 valence electrons. The van der Waals surface area contributed by atoms with E-state index in [4.69, 9.17) is 0 Å². The first kappa shape index (κ1) is 9.58. The summed E-state index contributed by atoms with van der Waals surface area (Å²) >= 11 is 0. The molecular formula is C11H8O4. The maximum atomic E-state index is 11.5. The van der Waals surface area contributed by atoms with Gasteiger partial charge in [0.2, 0.25) is 0 Å². The molecule has 1 aromatic rings. The molecule has 2 rings (SSSR count). The van der Waals surface area contributed by atoms with Gasteiger partial charge in [-0.3, -0.25) is 4.79 Å². The van der Waals surface area contributed by atoms with E-state index < -0.39 is 11.9 Å². The fourth-order valence-corrected chi connectivity index (χ4v) is 1.56. The molecule has 0 spiro atoms. The number of fused-ring (bicyclic) bond motifs is 1. The fourth-order valence-electron chi connectivity index (χ4n) is 1.56. The highest BCUT2D eigenvalue weighted by Crippen LogP contribution is 2.24. The van der Waals surface area contributed by atoms with Gasteiger partial charge in [-0.15, -0.1) is 0 Å². The first-order valence-corrected chi connectivity index (χ1v) is 4.58. The molecule has 0 amide bonds. The maximum Gasteiger partial charge on any atom is 0.347 e. The van der Waals surface area contributed by atoms with Gasteiger partial charge in [0.1, 0.15) is 0 Å². The van der Waals surface area contributed by atoms with Crippen LogP contribution < -0.4 is 0 Å². The third kappa shape index (κ3) is 1.34. The van der Waals surface area contributed by atoms with Gasteiger partial charge in [-0.1, -0.05) is 19.1 Å². The molecule has 0 aromatic heterocycles. The number of rotatable bonds is 2. The van der Waals surface area contributed by atoms with Crippen molar-refractivity contribution in [1.82, 2.24) is 0 Å². The Morgan fingerprint density at radius 3 is 2.67 bits per heavy atom. The van der Waals surface area contributed by atoms with Crippen LogP contribution in [0.1, 0.15) is 44.4 Å². The molecule has 0 aliphatic carbocycles. The predicted octanol–water partition coefficient (Wildman–Crippen LogP) is 1.59. The summed E-state index contributed by atoms with van der Waals surface area (Å²) in [5, 5.41) is 0. The van der Waals surface area contributed by atoms with E-state index in [1.807, 2.05) is 0 Å². The Morgan fingerprint density at radius 1 is 1.27 bits per heavy atom.